The van der Waals surface area contributed by atoms with E-state index in [1.54, 1.807) is 23.7 Å². The Bertz CT molecular complexity index is 1140. The summed E-state index contributed by atoms with van der Waals surface area (Å²) >= 11 is 1.24. The Morgan fingerprint density at radius 3 is 2.70 bits per heavy atom. The van der Waals surface area contributed by atoms with Crippen LogP contribution in [0.1, 0.15) is 38.5 Å². The van der Waals surface area contributed by atoms with Crippen LogP contribution in [0.4, 0.5) is 0 Å². The molecule has 176 valence electrons. The quantitative estimate of drug-likeness (QED) is 0.296. The van der Waals surface area contributed by atoms with Gasteiger partial charge < -0.3 is 14.4 Å². The van der Waals surface area contributed by atoms with Crippen molar-refractivity contribution in [2.75, 3.05) is 33.6 Å². The summed E-state index contributed by atoms with van der Waals surface area (Å²) in [5.74, 6) is 0.986. The Morgan fingerprint density at radius 2 is 2.03 bits per heavy atom. The van der Waals surface area contributed by atoms with Gasteiger partial charge >= 0.3 is 0 Å². The topological polar surface area (TPSA) is 97.5 Å². The second-order valence-electron chi connectivity index (χ2n) is 7.95. The van der Waals surface area contributed by atoms with Gasteiger partial charge in [-0.3, -0.25) is 14.2 Å². The molecular weight excluding hydrogens is 440 g/mol. The fraction of sp³-hybridized carbons (Fsp3) is 0.500. The molecule has 0 unspecified atom stereocenters. The third-order valence-electron chi connectivity index (χ3n) is 5.78. The van der Waals surface area contributed by atoms with Gasteiger partial charge in [-0.15, -0.1) is 0 Å². The summed E-state index contributed by atoms with van der Waals surface area (Å²) in [5.41, 5.74) is 1.70. The van der Waals surface area contributed by atoms with Gasteiger partial charge in [0, 0.05) is 26.2 Å². The number of benzene rings is 1. The first-order chi connectivity index (χ1) is 16.0. The summed E-state index contributed by atoms with van der Waals surface area (Å²) in [6.07, 6.45) is 7.88. The molecule has 0 aliphatic heterocycles. The first-order valence-corrected chi connectivity index (χ1v) is 12.0. The molecule has 0 fully saturated rings. The number of nitriles is 1. The standard InChI is InChI=1S/C24H30N4O4S/c1-27(12-7-11-25)22(29)16-33-24-26-19-15-21(32-3)20(31-2)14-18(19)23(30)28(24)13-10-17-8-5-4-6-9-17/h8,14-15H,4-7,9-10,12-13,16H2,1-3H3. The number of thioether (sulfide) groups is 1. The van der Waals surface area contributed by atoms with Crippen molar-refractivity contribution >= 4 is 28.6 Å². The first kappa shape index (κ1) is 24.6. The summed E-state index contributed by atoms with van der Waals surface area (Å²) in [7, 11) is 4.74. The minimum Gasteiger partial charge on any atom is -0.493 e. The van der Waals surface area contributed by atoms with Gasteiger partial charge in [-0.1, -0.05) is 23.4 Å². The van der Waals surface area contributed by atoms with Crippen LogP contribution in [-0.4, -0.2) is 53.9 Å². The number of methoxy groups -OCH3 is 2. The van der Waals surface area contributed by atoms with E-state index in [4.69, 9.17) is 19.7 Å². The van der Waals surface area contributed by atoms with E-state index in [2.05, 4.69) is 6.08 Å². The number of carbonyl (C=O) groups excluding carboxylic acids is 1. The molecule has 1 aliphatic carbocycles. The van der Waals surface area contributed by atoms with E-state index in [1.807, 2.05) is 6.07 Å². The van der Waals surface area contributed by atoms with E-state index >= 15 is 0 Å². The van der Waals surface area contributed by atoms with E-state index in [0.29, 0.717) is 40.6 Å². The lowest BCUT2D eigenvalue weighted by Gasteiger charge is -2.18. The van der Waals surface area contributed by atoms with Crippen LogP contribution in [-0.2, 0) is 11.3 Å². The molecule has 3 rings (SSSR count). The molecular formula is C24H30N4O4S. The molecule has 0 spiro atoms. The van der Waals surface area contributed by atoms with Gasteiger partial charge in [0.05, 0.1) is 43.4 Å². The van der Waals surface area contributed by atoms with Crippen LogP contribution in [0.5, 0.6) is 11.5 Å². The number of ether oxygens (including phenoxy) is 2. The van der Waals surface area contributed by atoms with E-state index in [1.165, 1.54) is 49.3 Å². The maximum atomic E-state index is 13.5. The summed E-state index contributed by atoms with van der Waals surface area (Å²) in [6, 6.07) is 5.40. The largest absolute Gasteiger partial charge is 0.493 e. The summed E-state index contributed by atoms with van der Waals surface area (Å²) in [5, 5.41) is 9.70. The number of hydrogen-bond donors (Lipinski definition) is 0. The SMILES string of the molecule is COc1cc2nc(SCC(=O)N(C)CCC#N)n(CCC3=CCCCC3)c(=O)c2cc1OC. The smallest absolute Gasteiger partial charge is 0.262 e. The zero-order chi connectivity index (χ0) is 23.8. The highest BCUT2D eigenvalue weighted by atomic mass is 32.2. The van der Waals surface area contributed by atoms with Crippen molar-refractivity contribution in [1.29, 1.82) is 5.26 Å². The third kappa shape index (κ3) is 6.08. The summed E-state index contributed by atoms with van der Waals surface area (Å²) in [4.78, 5) is 32.2. The highest BCUT2D eigenvalue weighted by Crippen LogP contribution is 2.31. The molecule has 2 aromatic rings. The average Bonchev–Trinajstić information content (AvgIpc) is 2.85. The number of rotatable bonds is 10. The Labute approximate surface area is 198 Å². The van der Waals surface area contributed by atoms with Crippen LogP contribution >= 0.6 is 11.8 Å². The van der Waals surface area contributed by atoms with Crippen molar-refractivity contribution in [3.05, 3.63) is 34.1 Å². The fourth-order valence-electron chi connectivity index (χ4n) is 3.80. The maximum Gasteiger partial charge on any atom is 0.262 e. The molecule has 9 heteroatoms. The van der Waals surface area contributed by atoms with Gasteiger partial charge in [0.25, 0.3) is 5.56 Å². The normalized spacial score (nSPS) is 13.3. The summed E-state index contributed by atoms with van der Waals surface area (Å²) < 4.78 is 12.4. The zero-order valence-electron chi connectivity index (χ0n) is 19.4. The van der Waals surface area contributed by atoms with E-state index < -0.39 is 0 Å². The second kappa shape index (κ2) is 11.8. The molecule has 0 N–H and O–H groups in total. The fourth-order valence-corrected chi connectivity index (χ4v) is 4.77. The van der Waals surface area contributed by atoms with E-state index in [9.17, 15) is 9.59 Å². The van der Waals surface area contributed by atoms with Gasteiger partial charge in [-0.05, 0) is 38.2 Å². The number of amides is 1. The molecule has 0 bridgehead atoms. The lowest BCUT2D eigenvalue weighted by molar-refractivity contribution is -0.127. The molecule has 1 aliphatic rings. The number of aromatic nitrogens is 2. The van der Waals surface area contributed by atoms with Gasteiger partial charge in [0.2, 0.25) is 5.91 Å². The molecule has 0 saturated carbocycles. The highest BCUT2D eigenvalue weighted by molar-refractivity contribution is 7.99. The zero-order valence-corrected chi connectivity index (χ0v) is 20.2. The predicted octanol–water partition coefficient (Wildman–Crippen LogP) is 3.77. The third-order valence-corrected chi connectivity index (χ3v) is 6.74. The molecule has 1 amide bonds. The van der Waals surface area contributed by atoms with E-state index in [-0.39, 0.29) is 23.6 Å². The van der Waals surface area contributed by atoms with Crippen molar-refractivity contribution in [3.63, 3.8) is 0 Å². The number of hydrogen-bond acceptors (Lipinski definition) is 7. The maximum absolute atomic E-state index is 13.5. The first-order valence-electron chi connectivity index (χ1n) is 11.1. The van der Waals surface area contributed by atoms with Crippen molar-refractivity contribution in [2.24, 2.45) is 0 Å². The van der Waals surface area contributed by atoms with Crippen LogP contribution < -0.4 is 15.0 Å². The predicted molar refractivity (Wildman–Crippen MR) is 129 cm³/mol. The molecule has 0 atom stereocenters. The van der Waals surface area contributed by atoms with Crippen molar-refractivity contribution < 1.29 is 14.3 Å². The van der Waals surface area contributed by atoms with Gasteiger partial charge in [0.15, 0.2) is 16.7 Å². The van der Waals surface area contributed by atoms with Crippen LogP contribution in [0.3, 0.4) is 0 Å². The molecule has 1 aromatic heterocycles. The van der Waals surface area contributed by atoms with Crippen molar-refractivity contribution in [2.45, 2.75) is 50.2 Å². The molecule has 33 heavy (non-hydrogen) atoms. The van der Waals surface area contributed by atoms with Gasteiger partial charge in [0.1, 0.15) is 0 Å². The minimum absolute atomic E-state index is 0.113. The Kier molecular flexibility index (Phi) is 8.78. The highest BCUT2D eigenvalue weighted by Gasteiger charge is 2.18. The molecule has 1 aromatic carbocycles. The van der Waals surface area contributed by atoms with Crippen molar-refractivity contribution in [1.82, 2.24) is 14.5 Å². The second-order valence-corrected chi connectivity index (χ2v) is 8.89. The monoisotopic (exact) mass is 470 g/mol. The van der Waals surface area contributed by atoms with Crippen LogP contribution in [0.2, 0.25) is 0 Å². The lowest BCUT2D eigenvalue weighted by Crippen LogP contribution is -2.30. The molecule has 8 nitrogen and oxygen atoms in total. The molecule has 0 saturated heterocycles. The van der Waals surface area contributed by atoms with Crippen LogP contribution in [0, 0.1) is 11.3 Å². The van der Waals surface area contributed by atoms with Crippen molar-refractivity contribution in [3.8, 4) is 17.6 Å². The minimum atomic E-state index is -0.162. The molecule has 0 radical (unpaired) electrons. The number of nitrogens with zero attached hydrogens (tertiary/aromatic N) is 4. The number of fused-ring (bicyclic) bond motifs is 1. The number of allylic oxidation sites excluding steroid dienone is 2. The summed E-state index contributed by atoms with van der Waals surface area (Å²) in [6.45, 7) is 0.877. The molecule has 1 heterocycles. The number of carbonyl (C=O) groups is 1. The Hall–Kier alpha value is -2.99. The lowest BCUT2D eigenvalue weighted by atomic mass is 9.97. The Morgan fingerprint density at radius 1 is 1.27 bits per heavy atom. The van der Waals surface area contributed by atoms with Crippen LogP contribution in [0.15, 0.2) is 33.7 Å². The van der Waals surface area contributed by atoms with E-state index in [0.717, 1.165) is 19.3 Å². The van der Waals surface area contributed by atoms with Gasteiger partial charge in [-0.25, -0.2) is 4.98 Å². The average molecular weight is 471 g/mol. The van der Waals surface area contributed by atoms with Gasteiger partial charge in [-0.2, -0.15) is 5.26 Å². The Balaban J connectivity index is 1.95. The van der Waals surface area contributed by atoms with Crippen LogP contribution in [0.25, 0.3) is 10.9 Å².